The molecule has 6 nitrogen and oxygen atoms in total. The van der Waals surface area contributed by atoms with E-state index in [9.17, 15) is 19.5 Å². The first kappa shape index (κ1) is 17.5. The van der Waals surface area contributed by atoms with E-state index in [0.717, 1.165) is 37.7 Å². The summed E-state index contributed by atoms with van der Waals surface area (Å²) in [5, 5.41) is 14.9. The van der Waals surface area contributed by atoms with Gasteiger partial charge >= 0.3 is 5.97 Å². The minimum absolute atomic E-state index is 0.0649. The third-order valence-corrected chi connectivity index (χ3v) is 5.60. The Morgan fingerprint density at radius 2 is 2.00 bits per heavy atom. The summed E-state index contributed by atoms with van der Waals surface area (Å²) < 4.78 is 0. The van der Waals surface area contributed by atoms with Crippen LogP contribution in [0.5, 0.6) is 0 Å². The molecule has 25 heavy (non-hydrogen) atoms. The first-order valence-corrected chi connectivity index (χ1v) is 8.84. The lowest BCUT2D eigenvalue weighted by Gasteiger charge is -2.37. The van der Waals surface area contributed by atoms with Crippen molar-refractivity contribution in [2.75, 3.05) is 5.32 Å². The number of hydrogen-bond donors (Lipinski definition) is 3. The molecule has 0 saturated heterocycles. The van der Waals surface area contributed by atoms with Gasteiger partial charge in [0.05, 0.1) is 11.8 Å². The van der Waals surface area contributed by atoms with Crippen molar-refractivity contribution in [3.8, 4) is 0 Å². The highest BCUT2D eigenvalue weighted by Crippen LogP contribution is 2.42. The molecule has 3 rings (SSSR count). The third-order valence-electron chi connectivity index (χ3n) is 5.60. The fraction of sp³-hybridized carbons (Fsp3) is 0.526. The minimum atomic E-state index is -0.962. The van der Waals surface area contributed by atoms with E-state index in [-0.39, 0.29) is 24.2 Å². The Hall–Kier alpha value is -2.37. The van der Waals surface area contributed by atoms with Crippen molar-refractivity contribution in [1.29, 1.82) is 0 Å². The second kappa shape index (κ2) is 6.86. The molecule has 2 amide bonds. The number of carbonyl (C=O) groups excluding carboxylic acids is 2. The van der Waals surface area contributed by atoms with Crippen LogP contribution in [0.2, 0.25) is 0 Å². The molecule has 1 aliphatic heterocycles. The van der Waals surface area contributed by atoms with Crippen molar-refractivity contribution in [2.24, 2.45) is 11.3 Å². The number of anilines is 1. The second-order valence-corrected chi connectivity index (χ2v) is 7.33. The number of amides is 2. The first-order chi connectivity index (χ1) is 11.9. The number of benzene rings is 1. The standard InChI is InChI=1S/C19H24N2O4/c1-19(10-16(22)23,13-5-3-2-4-6-13)18(25)21-14-8-7-12-11-20-17(24)15(12)9-14/h7-9,13H,2-6,10-11H2,1H3,(H,20,24)(H,21,25)(H,22,23)/t19-/m1/s1. The molecule has 1 saturated carbocycles. The molecule has 1 fully saturated rings. The van der Waals surface area contributed by atoms with E-state index in [2.05, 4.69) is 10.6 Å². The zero-order valence-corrected chi connectivity index (χ0v) is 14.4. The minimum Gasteiger partial charge on any atom is -0.481 e. The van der Waals surface area contributed by atoms with Gasteiger partial charge in [0.2, 0.25) is 5.91 Å². The van der Waals surface area contributed by atoms with Crippen LogP contribution in [0.4, 0.5) is 5.69 Å². The van der Waals surface area contributed by atoms with Gasteiger partial charge in [-0.2, -0.15) is 0 Å². The van der Waals surface area contributed by atoms with Crippen LogP contribution in [0.3, 0.4) is 0 Å². The molecule has 3 N–H and O–H groups in total. The SMILES string of the molecule is C[C@](CC(=O)O)(C(=O)Nc1ccc2c(c1)C(=O)NC2)C1CCCCC1. The van der Waals surface area contributed by atoms with Crippen molar-refractivity contribution in [3.63, 3.8) is 0 Å². The van der Waals surface area contributed by atoms with Crippen LogP contribution in [0, 0.1) is 11.3 Å². The molecule has 0 unspecified atom stereocenters. The van der Waals surface area contributed by atoms with Crippen LogP contribution in [0.15, 0.2) is 18.2 Å². The molecule has 1 atom stereocenters. The number of hydrogen-bond acceptors (Lipinski definition) is 3. The van der Waals surface area contributed by atoms with E-state index in [1.165, 1.54) is 0 Å². The Morgan fingerprint density at radius 1 is 1.28 bits per heavy atom. The van der Waals surface area contributed by atoms with Crippen LogP contribution >= 0.6 is 0 Å². The van der Waals surface area contributed by atoms with Crippen LogP contribution in [0.25, 0.3) is 0 Å². The molecule has 0 aromatic heterocycles. The van der Waals surface area contributed by atoms with Crippen LogP contribution < -0.4 is 10.6 Å². The summed E-state index contributed by atoms with van der Waals surface area (Å²) >= 11 is 0. The van der Waals surface area contributed by atoms with Gasteiger partial charge in [-0.15, -0.1) is 0 Å². The summed E-state index contributed by atoms with van der Waals surface area (Å²) in [5.41, 5.74) is 1.06. The van der Waals surface area contributed by atoms with Gasteiger partial charge in [-0.3, -0.25) is 14.4 Å². The van der Waals surface area contributed by atoms with Crippen LogP contribution in [0.1, 0.15) is 61.4 Å². The molecule has 1 aliphatic carbocycles. The van der Waals surface area contributed by atoms with Gasteiger partial charge in [0.15, 0.2) is 0 Å². The van der Waals surface area contributed by atoms with Gasteiger partial charge in [-0.05, 0) is 43.4 Å². The zero-order valence-electron chi connectivity index (χ0n) is 14.4. The average Bonchev–Trinajstić information content (AvgIpc) is 2.96. The maximum atomic E-state index is 13.0. The number of rotatable bonds is 5. The highest BCUT2D eigenvalue weighted by Gasteiger charge is 2.43. The molecule has 1 aromatic rings. The molecule has 0 spiro atoms. The van der Waals surface area contributed by atoms with E-state index < -0.39 is 11.4 Å². The quantitative estimate of drug-likeness (QED) is 0.765. The monoisotopic (exact) mass is 344 g/mol. The molecule has 2 aliphatic rings. The fourth-order valence-corrected chi connectivity index (χ4v) is 4.03. The van der Waals surface area contributed by atoms with Gasteiger partial charge in [0.25, 0.3) is 5.91 Å². The smallest absolute Gasteiger partial charge is 0.304 e. The second-order valence-electron chi connectivity index (χ2n) is 7.33. The summed E-state index contributed by atoms with van der Waals surface area (Å²) in [6.45, 7) is 2.26. The molecule has 134 valence electrons. The Labute approximate surface area is 147 Å². The van der Waals surface area contributed by atoms with Crippen LogP contribution in [-0.2, 0) is 16.1 Å². The molecular formula is C19H24N2O4. The summed E-state index contributed by atoms with van der Waals surface area (Å²) in [4.78, 5) is 36.1. The first-order valence-electron chi connectivity index (χ1n) is 8.84. The van der Waals surface area contributed by atoms with Crippen molar-refractivity contribution in [2.45, 2.75) is 52.0 Å². The molecular weight excluding hydrogens is 320 g/mol. The predicted molar refractivity (Wildman–Crippen MR) is 93.2 cm³/mol. The highest BCUT2D eigenvalue weighted by molar-refractivity contribution is 6.01. The Kier molecular flexibility index (Phi) is 4.79. The molecule has 6 heteroatoms. The third kappa shape index (κ3) is 3.52. The molecule has 0 bridgehead atoms. The Bertz CT molecular complexity index is 709. The molecule has 0 radical (unpaired) electrons. The number of aliphatic carboxylic acids is 1. The molecule has 1 aromatic carbocycles. The average molecular weight is 344 g/mol. The lowest BCUT2D eigenvalue weighted by molar-refractivity contribution is -0.145. The Balaban J connectivity index is 1.81. The number of carboxylic acid groups (broad SMARTS) is 1. The van der Waals surface area contributed by atoms with Crippen LogP contribution in [-0.4, -0.2) is 22.9 Å². The summed E-state index contributed by atoms with van der Waals surface area (Å²) in [6.07, 6.45) is 4.78. The van der Waals surface area contributed by atoms with Crippen molar-refractivity contribution in [1.82, 2.24) is 5.32 Å². The lowest BCUT2D eigenvalue weighted by atomic mass is 9.67. The zero-order chi connectivity index (χ0) is 18.0. The van der Waals surface area contributed by atoms with Gasteiger partial charge in [-0.1, -0.05) is 25.3 Å². The van der Waals surface area contributed by atoms with Crippen molar-refractivity contribution >= 4 is 23.5 Å². The van der Waals surface area contributed by atoms with Crippen molar-refractivity contribution in [3.05, 3.63) is 29.3 Å². The fourth-order valence-electron chi connectivity index (χ4n) is 4.03. The number of carboxylic acids is 1. The van der Waals surface area contributed by atoms with E-state index in [0.29, 0.717) is 17.8 Å². The Morgan fingerprint density at radius 3 is 2.68 bits per heavy atom. The number of nitrogens with one attached hydrogen (secondary N) is 2. The normalized spacial score (nSPS) is 19.6. The summed E-state index contributed by atoms with van der Waals surface area (Å²) in [6, 6.07) is 5.24. The van der Waals surface area contributed by atoms with Gasteiger partial charge < -0.3 is 15.7 Å². The van der Waals surface area contributed by atoms with E-state index >= 15 is 0 Å². The predicted octanol–water partition coefficient (Wildman–Crippen LogP) is 2.93. The maximum Gasteiger partial charge on any atom is 0.304 e. The van der Waals surface area contributed by atoms with Gasteiger partial charge in [-0.25, -0.2) is 0 Å². The van der Waals surface area contributed by atoms with Gasteiger partial charge in [0.1, 0.15) is 0 Å². The highest BCUT2D eigenvalue weighted by atomic mass is 16.4. The summed E-state index contributed by atoms with van der Waals surface area (Å²) in [7, 11) is 0. The molecule has 1 heterocycles. The lowest BCUT2D eigenvalue weighted by Crippen LogP contribution is -2.42. The van der Waals surface area contributed by atoms with E-state index in [4.69, 9.17) is 0 Å². The number of carbonyl (C=O) groups is 3. The van der Waals surface area contributed by atoms with E-state index in [1.807, 2.05) is 6.07 Å². The topological polar surface area (TPSA) is 95.5 Å². The van der Waals surface area contributed by atoms with Crippen molar-refractivity contribution < 1.29 is 19.5 Å². The maximum absolute atomic E-state index is 13.0. The largest absolute Gasteiger partial charge is 0.481 e. The van der Waals surface area contributed by atoms with Gasteiger partial charge in [0, 0.05) is 17.8 Å². The van der Waals surface area contributed by atoms with E-state index in [1.54, 1.807) is 19.1 Å². The summed E-state index contributed by atoms with van der Waals surface area (Å²) in [5.74, 6) is -1.32. The number of fused-ring (bicyclic) bond motifs is 1.